The molecular weight excluding hydrogens is 226 g/mol. The zero-order chi connectivity index (χ0) is 13.8. The van der Waals surface area contributed by atoms with Gasteiger partial charge in [0.1, 0.15) is 11.5 Å². The van der Waals surface area contributed by atoms with Gasteiger partial charge in [-0.2, -0.15) is 0 Å². The number of hydrogen-bond acceptors (Lipinski definition) is 4. The number of nitrogens with zero attached hydrogens (tertiary/aromatic N) is 1. The minimum atomic E-state index is -1.32. The molecule has 0 unspecified atom stereocenters. The van der Waals surface area contributed by atoms with Crippen molar-refractivity contribution < 1.29 is 29.7 Å². The third-order valence-corrected chi connectivity index (χ3v) is 1.30. The summed E-state index contributed by atoms with van der Waals surface area (Å²) in [6.45, 7) is 0. The molecule has 96 valence electrons. The average Bonchev–Trinajstić information content (AvgIpc) is 2.10. The molecule has 6 heteroatoms. The first-order chi connectivity index (χ1) is 7.52. The highest BCUT2D eigenvalue weighted by atomic mass is 16.4. The van der Waals surface area contributed by atoms with E-state index in [-0.39, 0.29) is 5.56 Å². The Morgan fingerprint density at radius 1 is 1.12 bits per heavy atom. The number of hydrogen-bond donors (Lipinski definition) is 3. The van der Waals surface area contributed by atoms with Crippen molar-refractivity contribution in [2.24, 2.45) is 0 Å². The Hall–Kier alpha value is -1.95. The van der Waals surface area contributed by atoms with Crippen LogP contribution >= 0.6 is 0 Å². The van der Waals surface area contributed by atoms with E-state index in [4.69, 9.17) is 15.3 Å². The van der Waals surface area contributed by atoms with Gasteiger partial charge in [0.25, 0.3) is 0 Å². The number of carboxylic acid groups (broad SMARTS) is 1. The zero-order valence-corrected chi connectivity index (χ0v) is 10.3. The molecule has 0 radical (unpaired) electrons. The van der Waals surface area contributed by atoms with Crippen LogP contribution in [0.5, 0.6) is 17.2 Å². The lowest BCUT2D eigenvalue weighted by atomic mass is 10.2. The number of benzene rings is 1. The largest absolute Gasteiger partial charge is 0.867 e. The molecule has 0 aliphatic carbocycles. The van der Waals surface area contributed by atoms with Crippen LogP contribution in [0.4, 0.5) is 0 Å². The maximum absolute atomic E-state index is 10.7. The van der Waals surface area contributed by atoms with Crippen LogP contribution in [0.15, 0.2) is 12.1 Å². The normalized spacial score (nSPS) is 10.4. The van der Waals surface area contributed by atoms with Gasteiger partial charge in [-0.1, -0.05) is 0 Å². The Morgan fingerprint density at radius 3 is 1.65 bits per heavy atom. The van der Waals surface area contributed by atoms with E-state index in [1.807, 2.05) is 0 Å². The summed E-state index contributed by atoms with van der Waals surface area (Å²) in [5, 5.41) is 36.6. The molecule has 1 aromatic carbocycles. The summed E-state index contributed by atoms with van der Waals surface area (Å²) < 4.78 is 1.00. The summed E-state index contributed by atoms with van der Waals surface area (Å²) >= 11 is 0. The number of carboxylic acids is 1. The highest BCUT2D eigenvalue weighted by Gasteiger charge is 2.07. The first-order valence-corrected chi connectivity index (χ1v) is 4.77. The lowest BCUT2D eigenvalue weighted by molar-refractivity contribution is -0.849. The summed E-state index contributed by atoms with van der Waals surface area (Å²) in [7, 11) is 8.50. The number of phenolic OH excluding ortho intramolecular Hbond substituents is 2. The Balaban J connectivity index is 0.000000437. The van der Waals surface area contributed by atoms with E-state index in [1.54, 1.807) is 0 Å². The highest BCUT2D eigenvalue weighted by Crippen LogP contribution is 2.32. The summed E-state index contributed by atoms with van der Waals surface area (Å²) in [4.78, 5) is 10.3. The Morgan fingerprint density at radius 2 is 1.41 bits per heavy atom. The highest BCUT2D eigenvalue weighted by molar-refractivity contribution is 5.89. The van der Waals surface area contributed by atoms with Crippen molar-refractivity contribution in [1.82, 2.24) is 0 Å². The van der Waals surface area contributed by atoms with Gasteiger partial charge in [-0.15, -0.1) is 0 Å². The monoisotopic (exact) mass is 243 g/mol. The second-order valence-electron chi connectivity index (χ2n) is 4.83. The lowest BCUT2D eigenvalue weighted by Gasteiger charge is -2.14. The SMILES string of the molecule is C[N+](C)(C)C.O=C(O)c1cc(O)c([O-])c(O)c1. The first-order valence-electron chi connectivity index (χ1n) is 4.77. The van der Waals surface area contributed by atoms with Crippen LogP contribution in [0.2, 0.25) is 0 Å². The molecule has 17 heavy (non-hydrogen) atoms. The molecule has 0 amide bonds. The fraction of sp³-hybridized carbons (Fsp3) is 0.364. The van der Waals surface area contributed by atoms with Crippen molar-refractivity contribution in [3.63, 3.8) is 0 Å². The average molecular weight is 243 g/mol. The molecule has 0 heterocycles. The molecule has 0 spiro atoms. The summed E-state index contributed by atoms with van der Waals surface area (Å²) in [6, 6.07) is 1.56. The molecule has 0 aromatic heterocycles. The number of phenols is 2. The van der Waals surface area contributed by atoms with Crippen molar-refractivity contribution in [1.29, 1.82) is 0 Å². The molecule has 0 atom stereocenters. The van der Waals surface area contributed by atoms with Crippen LogP contribution in [-0.2, 0) is 0 Å². The van der Waals surface area contributed by atoms with E-state index < -0.39 is 23.2 Å². The molecule has 0 saturated carbocycles. The van der Waals surface area contributed by atoms with Crippen molar-refractivity contribution in [2.45, 2.75) is 0 Å². The molecule has 0 aliphatic rings. The quantitative estimate of drug-likeness (QED) is 0.611. The molecule has 6 nitrogen and oxygen atoms in total. The van der Waals surface area contributed by atoms with E-state index in [9.17, 15) is 9.90 Å². The van der Waals surface area contributed by atoms with Crippen LogP contribution in [0.3, 0.4) is 0 Å². The van der Waals surface area contributed by atoms with Crippen molar-refractivity contribution in [3.05, 3.63) is 17.7 Å². The van der Waals surface area contributed by atoms with Crippen LogP contribution in [0.1, 0.15) is 10.4 Å². The molecule has 0 bridgehead atoms. The zero-order valence-electron chi connectivity index (χ0n) is 10.3. The van der Waals surface area contributed by atoms with E-state index in [0.29, 0.717) is 0 Å². The maximum Gasteiger partial charge on any atom is 0.335 e. The second kappa shape index (κ2) is 5.40. The predicted molar refractivity (Wildman–Crippen MR) is 60.1 cm³/mol. The van der Waals surface area contributed by atoms with Gasteiger partial charge >= 0.3 is 5.97 Å². The molecule has 0 saturated heterocycles. The molecule has 1 aromatic rings. The topological polar surface area (TPSA) is 101 Å². The van der Waals surface area contributed by atoms with Crippen LogP contribution in [0.25, 0.3) is 0 Å². The Labute approximate surface area is 99.6 Å². The van der Waals surface area contributed by atoms with Crippen LogP contribution < -0.4 is 5.11 Å². The van der Waals surface area contributed by atoms with Gasteiger partial charge in [0, 0.05) is 0 Å². The van der Waals surface area contributed by atoms with Crippen molar-refractivity contribution in [3.8, 4) is 17.2 Å². The number of quaternary nitrogens is 1. The van der Waals surface area contributed by atoms with Gasteiger partial charge in [0.05, 0.1) is 33.8 Å². The third kappa shape index (κ3) is 6.26. The Kier molecular flexibility index (Phi) is 4.78. The van der Waals surface area contributed by atoms with Crippen molar-refractivity contribution >= 4 is 5.97 Å². The van der Waals surface area contributed by atoms with Gasteiger partial charge in [-0.25, -0.2) is 4.79 Å². The van der Waals surface area contributed by atoms with Gasteiger partial charge in [-0.05, 0) is 17.9 Å². The van der Waals surface area contributed by atoms with E-state index in [0.717, 1.165) is 16.6 Å². The van der Waals surface area contributed by atoms with Gasteiger partial charge in [-0.3, -0.25) is 0 Å². The fourth-order valence-electron chi connectivity index (χ4n) is 0.722. The van der Waals surface area contributed by atoms with Crippen LogP contribution in [-0.4, -0.2) is 54.0 Å². The smallest absolute Gasteiger partial charge is 0.335 e. The first kappa shape index (κ1) is 15.0. The number of aromatic hydroxyl groups is 2. The van der Waals surface area contributed by atoms with E-state index in [1.165, 1.54) is 0 Å². The van der Waals surface area contributed by atoms with E-state index >= 15 is 0 Å². The molecule has 0 aliphatic heterocycles. The molecular formula is C11H17NO5. The molecule has 3 N–H and O–H groups in total. The second-order valence-corrected chi connectivity index (χ2v) is 4.83. The molecule has 1 rings (SSSR count). The summed E-state index contributed by atoms with van der Waals surface area (Å²) in [5.74, 6) is -3.83. The van der Waals surface area contributed by atoms with Crippen LogP contribution in [0, 0.1) is 0 Å². The standard InChI is InChI=1S/C7H6O5.C4H12N/c8-4-1-3(7(11)12)2-5(9)6(4)10;1-5(2,3)4/h1-2,8-10H,(H,11,12);1-4H3/q;+1/p-1. The number of carbonyl (C=O) groups is 1. The minimum absolute atomic E-state index is 0.329. The number of rotatable bonds is 1. The van der Waals surface area contributed by atoms with Gasteiger partial charge < -0.3 is 24.9 Å². The maximum atomic E-state index is 10.7. The van der Waals surface area contributed by atoms with Gasteiger partial charge in [0.15, 0.2) is 0 Å². The summed E-state index contributed by atoms with van der Waals surface area (Å²) in [6.07, 6.45) is 0. The molecule has 0 fully saturated rings. The lowest BCUT2D eigenvalue weighted by Crippen LogP contribution is -2.27. The predicted octanol–water partition coefficient (Wildman–Crippen LogP) is 0.192. The fourth-order valence-corrected chi connectivity index (χ4v) is 0.722. The van der Waals surface area contributed by atoms with E-state index in [2.05, 4.69) is 28.2 Å². The van der Waals surface area contributed by atoms with Gasteiger partial charge in [0.2, 0.25) is 0 Å². The minimum Gasteiger partial charge on any atom is -0.867 e. The summed E-state index contributed by atoms with van der Waals surface area (Å²) in [5.41, 5.74) is -0.329. The van der Waals surface area contributed by atoms with Crippen molar-refractivity contribution in [2.75, 3.05) is 28.2 Å². The third-order valence-electron chi connectivity index (χ3n) is 1.30. The number of aromatic carboxylic acids is 1. The Bertz CT molecular complexity index is 380.